The average molecular weight is 132 g/mol. The van der Waals surface area contributed by atoms with Crippen LogP contribution in [-0.2, 0) is 0 Å². The summed E-state index contributed by atoms with van der Waals surface area (Å²) < 4.78 is 35.5. The van der Waals surface area contributed by atoms with E-state index in [9.17, 15) is 13.2 Å². The molecule has 0 amide bonds. The first-order valence-electron chi connectivity index (χ1n) is 2.09. The van der Waals surface area contributed by atoms with Crippen molar-refractivity contribution in [3.8, 4) is 0 Å². The van der Waals surface area contributed by atoms with Crippen molar-refractivity contribution in [1.29, 1.82) is 0 Å². The summed E-state index contributed by atoms with van der Waals surface area (Å²) in [5.74, 6) is -3.69. The van der Waals surface area contributed by atoms with Gasteiger partial charge >= 0.3 is 0 Å². The van der Waals surface area contributed by atoms with Crippen LogP contribution in [0, 0.1) is 23.6 Å². The first-order valence-corrected chi connectivity index (χ1v) is 2.09. The van der Waals surface area contributed by atoms with Crippen LogP contribution in [0.3, 0.4) is 0 Å². The first-order chi connectivity index (χ1) is 4.20. The van der Waals surface area contributed by atoms with Crippen LogP contribution in [0.1, 0.15) is 0 Å². The zero-order valence-corrected chi connectivity index (χ0v) is 4.16. The Kier molecular flexibility index (Phi) is 1.38. The fourth-order valence-electron chi connectivity index (χ4n) is 0.353. The van der Waals surface area contributed by atoms with Crippen molar-refractivity contribution in [2.75, 3.05) is 0 Å². The van der Waals surface area contributed by atoms with Gasteiger partial charge in [-0.3, -0.25) is 0 Å². The zero-order valence-electron chi connectivity index (χ0n) is 4.16. The summed E-state index contributed by atoms with van der Waals surface area (Å²) in [6.07, 6.45) is 0.459. The van der Waals surface area contributed by atoms with Gasteiger partial charge in [-0.2, -0.15) is 4.39 Å². The van der Waals surface area contributed by atoms with Crippen molar-refractivity contribution in [2.45, 2.75) is 0 Å². The molecule has 0 saturated heterocycles. The van der Waals surface area contributed by atoms with E-state index in [4.69, 9.17) is 0 Å². The Labute approximate surface area is 49.1 Å². The molecule has 0 aliphatic heterocycles. The van der Waals surface area contributed by atoms with Crippen molar-refractivity contribution < 1.29 is 13.2 Å². The first kappa shape index (κ1) is 6.07. The number of pyridine rings is 1. The summed E-state index contributed by atoms with van der Waals surface area (Å²) in [4.78, 5) is 2.80. The van der Waals surface area contributed by atoms with E-state index in [-0.39, 0.29) is 0 Å². The molecule has 0 unspecified atom stereocenters. The Hall–Kier alpha value is -1.06. The molecule has 1 aromatic rings. The van der Waals surface area contributed by atoms with Crippen molar-refractivity contribution in [1.82, 2.24) is 4.98 Å². The van der Waals surface area contributed by atoms with Crippen molar-refractivity contribution in [2.24, 2.45) is 0 Å². The number of hydrogen-bond acceptors (Lipinski definition) is 1. The van der Waals surface area contributed by atoms with E-state index in [0.29, 0.717) is 6.20 Å². The van der Waals surface area contributed by atoms with E-state index in [1.807, 2.05) is 0 Å². The van der Waals surface area contributed by atoms with E-state index in [1.165, 1.54) is 6.07 Å². The van der Waals surface area contributed by atoms with Crippen LogP contribution in [0.4, 0.5) is 13.2 Å². The fraction of sp³-hybridized carbons (Fsp3) is 0. The third-order valence-corrected chi connectivity index (χ3v) is 0.714. The third-order valence-electron chi connectivity index (χ3n) is 0.714. The van der Waals surface area contributed by atoms with Crippen molar-refractivity contribution >= 4 is 0 Å². The lowest BCUT2D eigenvalue weighted by Gasteiger charge is -1.87. The molecule has 4 heteroatoms. The summed E-state index contributed by atoms with van der Waals surface area (Å²) in [7, 11) is 0. The van der Waals surface area contributed by atoms with Gasteiger partial charge in [0.1, 0.15) is 0 Å². The minimum atomic E-state index is -1.34. The molecule has 9 heavy (non-hydrogen) atoms. The molecule has 0 spiro atoms. The molecule has 0 aromatic carbocycles. The predicted octanol–water partition coefficient (Wildman–Crippen LogP) is 1.30. The molecule has 1 nitrogen and oxygen atoms in total. The van der Waals surface area contributed by atoms with Crippen LogP contribution in [0.25, 0.3) is 0 Å². The maximum Gasteiger partial charge on any atom is 0.224 e. The number of aromatic nitrogens is 1. The van der Waals surface area contributed by atoms with E-state index in [2.05, 4.69) is 4.98 Å². The van der Waals surface area contributed by atoms with E-state index >= 15 is 0 Å². The van der Waals surface area contributed by atoms with Crippen LogP contribution in [0.15, 0.2) is 6.20 Å². The van der Waals surface area contributed by atoms with Crippen molar-refractivity contribution in [3.05, 3.63) is 29.8 Å². The highest BCUT2D eigenvalue weighted by Gasteiger charge is 2.02. The average Bonchev–Trinajstić information content (AvgIpc) is 1.80. The molecule has 0 bridgehead atoms. The van der Waals surface area contributed by atoms with Crippen LogP contribution in [-0.4, -0.2) is 4.98 Å². The van der Waals surface area contributed by atoms with Crippen LogP contribution in [0.2, 0.25) is 0 Å². The maximum absolute atomic E-state index is 11.9. The lowest BCUT2D eigenvalue weighted by Crippen LogP contribution is -1.89. The van der Waals surface area contributed by atoms with Gasteiger partial charge in [-0.15, -0.1) is 0 Å². The lowest BCUT2D eigenvalue weighted by molar-refractivity contribution is 0.476. The molecule has 1 aromatic heterocycles. The van der Waals surface area contributed by atoms with Gasteiger partial charge in [0.15, 0.2) is 11.6 Å². The van der Waals surface area contributed by atoms with E-state index in [0.717, 1.165) is 0 Å². The Morgan fingerprint density at radius 3 is 2.44 bits per heavy atom. The molecule has 47 valence electrons. The third kappa shape index (κ3) is 1.19. The second-order valence-electron chi connectivity index (χ2n) is 1.34. The largest absolute Gasteiger partial charge is 0.224 e. The van der Waals surface area contributed by atoms with Gasteiger partial charge in [-0.05, 0) is 0 Å². The quantitative estimate of drug-likeness (QED) is 0.485. The molecule has 0 saturated carbocycles. The predicted molar refractivity (Wildman–Crippen MR) is 22.9 cm³/mol. The minimum Gasteiger partial charge on any atom is -0.224 e. The van der Waals surface area contributed by atoms with E-state index < -0.39 is 17.6 Å². The molecular formula is C5HF3N. The molecule has 0 N–H and O–H groups in total. The second-order valence-corrected chi connectivity index (χ2v) is 1.34. The summed E-state index contributed by atoms with van der Waals surface area (Å²) in [5.41, 5.74) is 0. The van der Waals surface area contributed by atoms with Crippen LogP contribution < -0.4 is 0 Å². The number of hydrogen-bond donors (Lipinski definition) is 0. The molecule has 0 atom stereocenters. The Morgan fingerprint density at radius 2 is 2.00 bits per heavy atom. The monoisotopic (exact) mass is 132 g/mol. The van der Waals surface area contributed by atoms with Gasteiger partial charge in [0, 0.05) is 0 Å². The minimum absolute atomic E-state index is 0.459. The molecule has 0 aliphatic rings. The highest BCUT2D eigenvalue weighted by molar-refractivity contribution is 4.96. The van der Waals surface area contributed by atoms with Gasteiger partial charge in [0.05, 0.1) is 12.3 Å². The highest BCUT2D eigenvalue weighted by Crippen LogP contribution is 2.01. The maximum atomic E-state index is 11.9. The molecule has 0 fully saturated rings. The fourth-order valence-corrected chi connectivity index (χ4v) is 0.353. The Morgan fingerprint density at radius 1 is 1.33 bits per heavy atom. The molecule has 1 heterocycles. The normalized spacial score (nSPS) is 9.67. The molecular weight excluding hydrogens is 131 g/mol. The number of rotatable bonds is 0. The van der Waals surface area contributed by atoms with Gasteiger partial charge in [-0.25, -0.2) is 13.8 Å². The van der Waals surface area contributed by atoms with Crippen LogP contribution in [0.5, 0.6) is 0 Å². The highest BCUT2D eigenvalue weighted by atomic mass is 19.2. The van der Waals surface area contributed by atoms with Gasteiger partial charge in [0.2, 0.25) is 5.95 Å². The number of nitrogens with zero attached hydrogens (tertiary/aromatic N) is 1. The van der Waals surface area contributed by atoms with Crippen molar-refractivity contribution in [3.63, 3.8) is 0 Å². The van der Waals surface area contributed by atoms with Gasteiger partial charge in [0.25, 0.3) is 0 Å². The molecule has 1 rings (SSSR count). The number of halogens is 3. The summed E-state index contributed by atoms with van der Waals surface area (Å²) >= 11 is 0. The van der Waals surface area contributed by atoms with E-state index in [1.54, 1.807) is 0 Å². The molecule has 0 aliphatic carbocycles. The second kappa shape index (κ2) is 2.05. The van der Waals surface area contributed by atoms with Gasteiger partial charge in [-0.1, -0.05) is 0 Å². The smallest absolute Gasteiger partial charge is 0.224 e. The molecule has 1 radical (unpaired) electrons. The summed E-state index contributed by atoms with van der Waals surface area (Å²) in [6, 6.07) is 1.42. The lowest BCUT2D eigenvalue weighted by atomic mass is 10.4. The standard InChI is InChI=1S/C5HF3N/c6-3-1-5(8)9-2-4(3)7/h2H. The SMILES string of the molecule is Fc1[c]c(F)c(F)cn1. The van der Waals surface area contributed by atoms with Gasteiger partial charge < -0.3 is 0 Å². The van der Waals surface area contributed by atoms with Crippen LogP contribution >= 0.6 is 0 Å². The Balaban J connectivity index is 3.17. The summed E-state index contributed by atoms with van der Waals surface area (Å²) in [6.45, 7) is 0. The summed E-state index contributed by atoms with van der Waals surface area (Å²) in [5, 5.41) is 0. The topological polar surface area (TPSA) is 12.9 Å². The zero-order chi connectivity index (χ0) is 6.85. The Bertz CT molecular complexity index is 223.